The molecule has 0 fully saturated rings. The number of nitrogens with zero attached hydrogens (tertiary/aromatic N) is 1. The van der Waals surface area contributed by atoms with E-state index >= 15 is 0 Å². The van der Waals surface area contributed by atoms with E-state index in [1.807, 2.05) is 19.2 Å². The Balaban J connectivity index is 2.73. The summed E-state index contributed by atoms with van der Waals surface area (Å²) in [5.41, 5.74) is 1.04. The number of rotatable bonds is 8. The number of thiophene rings is 1. The molecule has 0 aliphatic carbocycles. The number of nitrogens with one attached hydrogen (secondary N) is 1. The van der Waals surface area contributed by atoms with Crippen molar-refractivity contribution < 1.29 is 8.42 Å². The van der Waals surface area contributed by atoms with Gasteiger partial charge < -0.3 is 5.32 Å². The van der Waals surface area contributed by atoms with Crippen LogP contribution >= 0.6 is 11.3 Å². The highest BCUT2D eigenvalue weighted by Gasteiger charge is 2.23. The molecule has 1 aromatic heterocycles. The second-order valence-corrected chi connectivity index (χ2v) is 8.31. The molecular weight excluding hydrogens is 280 g/mol. The third kappa shape index (κ3) is 4.87. The van der Waals surface area contributed by atoms with E-state index in [-0.39, 0.29) is 0 Å². The zero-order valence-corrected chi connectivity index (χ0v) is 13.8. The summed E-state index contributed by atoms with van der Waals surface area (Å²) in [5, 5.41) is 5.19. The first-order valence-corrected chi connectivity index (χ1v) is 8.94. The standard InChI is InChI=1S/C13H24N2O2S2/c1-5-6-14-8-12-7-13(18-10-12)19(16,17)15(4)9-11(2)3/h7,10-11,14H,5-6,8-9H2,1-4H3. The molecule has 0 aromatic carbocycles. The van der Waals surface area contributed by atoms with Crippen molar-refractivity contribution in [1.82, 2.24) is 9.62 Å². The molecular formula is C13H24N2O2S2. The smallest absolute Gasteiger partial charge is 0.252 e. The second kappa shape index (κ2) is 7.38. The fourth-order valence-electron chi connectivity index (χ4n) is 1.76. The molecule has 0 saturated heterocycles. The molecule has 1 aromatic rings. The minimum atomic E-state index is -3.32. The van der Waals surface area contributed by atoms with Gasteiger partial charge in [-0.25, -0.2) is 8.42 Å². The summed E-state index contributed by atoms with van der Waals surface area (Å²) >= 11 is 1.30. The molecule has 0 aliphatic rings. The van der Waals surface area contributed by atoms with Crippen LogP contribution in [0, 0.1) is 5.92 Å². The molecule has 0 aliphatic heterocycles. The number of hydrogen-bond acceptors (Lipinski definition) is 4. The third-order valence-corrected chi connectivity index (χ3v) is 5.96. The Morgan fingerprint density at radius 3 is 2.68 bits per heavy atom. The molecule has 19 heavy (non-hydrogen) atoms. The van der Waals surface area contributed by atoms with Crippen molar-refractivity contribution in [2.75, 3.05) is 20.1 Å². The topological polar surface area (TPSA) is 49.4 Å². The average molecular weight is 304 g/mol. The zero-order chi connectivity index (χ0) is 14.5. The lowest BCUT2D eigenvalue weighted by molar-refractivity contribution is 0.418. The van der Waals surface area contributed by atoms with Crippen LogP contribution in [0.5, 0.6) is 0 Å². The Morgan fingerprint density at radius 2 is 2.11 bits per heavy atom. The van der Waals surface area contributed by atoms with E-state index < -0.39 is 10.0 Å². The molecule has 0 bridgehead atoms. The van der Waals surface area contributed by atoms with E-state index in [9.17, 15) is 8.42 Å². The molecule has 110 valence electrons. The lowest BCUT2D eigenvalue weighted by atomic mass is 10.2. The van der Waals surface area contributed by atoms with Gasteiger partial charge in [0.2, 0.25) is 0 Å². The predicted molar refractivity (Wildman–Crippen MR) is 81.0 cm³/mol. The van der Waals surface area contributed by atoms with Gasteiger partial charge in [-0.1, -0.05) is 20.8 Å². The Bertz CT molecular complexity index is 481. The van der Waals surface area contributed by atoms with E-state index in [4.69, 9.17) is 0 Å². The Kier molecular flexibility index (Phi) is 6.46. The molecule has 1 N–H and O–H groups in total. The first kappa shape index (κ1) is 16.6. The minimum absolute atomic E-state index is 0.324. The van der Waals surface area contributed by atoms with Crippen LogP contribution < -0.4 is 5.32 Å². The van der Waals surface area contributed by atoms with Gasteiger partial charge in [0.25, 0.3) is 10.0 Å². The van der Waals surface area contributed by atoms with Crippen molar-refractivity contribution in [3.63, 3.8) is 0 Å². The molecule has 1 heterocycles. The lowest BCUT2D eigenvalue weighted by Gasteiger charge is -2.17. The number of hydrogen-bond donors (Lipinski definition) is 1. The molecule has 4 nitrogen and oxygen atoms in total. The first-order valence-electron chi connectivity index (χ1n) is 6.62. The highest BCUT2D eigenvalue weighted by Crippen LogP contribution is 2.23. The van der Waals surface area contributed by atoms with Gasteiger partial charge in [-0.2, -0.15) is 4.31 Å². The third-order valence-electron chi connectivity index (χ3n) is 2.67. The fraction of sp³-hybridized carbons (Fsp3) is 0.692. The van der Waals surface area contributed by atoms with Crippen LogP contribution in [0.25, 0.3) is 0 Å². The molecule has 0 unspecified atom stereocenters. The molecule has 0 spiro atoms. The summed E-state index contributed by atoms with van der Waals surface area (Å²) in [4.78, 5) is 0. The van der Waals surface area contributed by atoms with E-state index in [0.717, 1.165) is 25.1 Å². The minimum Gasteiger partial charge on any atom is -0.313 e. The maximum absolute atomic E-state index is 12.3. The van der Waals surface area contributed by atoms with Crippen molar-refractivity contribution in [1.29, 1.82) is 0 Å². The summed E-state index contributed by atoms with van der Waals surface area (Å²) < 4.78 is 26.5. The number of sulfonamides is 1. The molecule has 0 saturated carbocycles. The van der Waals surface area contributed by atoms with Crippen LogP contribution in [0.15, 0.2) is 15.7 Å². The van der Waals surface area contributed by atoms with Crippen molar-refractivity contribution in [2.24, 2.45) is 5.92 Å². The summed E-state index contributed by atoms with van der Waals surface area (Å²) in [6.45, 7) is 8.36. The maximum atomic E-state index is 12.3. The Labute approximate surface area is 120 Å². The van der Waals surface area contributed by atoms with E-state index in [2.05, 4.69) is 12.2 Å². The Hall–Kier alpha value is -0.430. The van der Waals surface area contributed by atoms with Gasteiger partial charge in [0.15, 0.2) is 0 Å². The van der Waals surface area contributed by atoms with Crippen LogP contribution in [0.1, 0.15) is 32.8 Å². The summed E-state index contributed by atoms with van der Waals surface area (Å²) in [7, 11) is -1.68. The quantitative estimate of drug-likeness (QED) is 0.751. The van der Waals surface area contributed by atoms with Crippen LogP contribution in [0.3, 0.4) is 0 Å². The molecule has 6 heteroatoms. The summed E-state index contributed by atoms with van der Waals surface area (Å²) in [6, 6.07) is 1.78. The second-order valence-electron chi connectivity index (χ2n) is 5.13. The fourth-order valence-corrected chi connectivity index (χ4v) is 4.51. The van der Waals surface area contributed by atoms with Crippen LogP contribution in [0.2, 0.25) is 0 Å². The Morgan fingerprint density at radius 1 is 1.42 bits per heavy atom. The summed E-state index contributed by atoms with van der Waals surface area (Å²) in [5.74, 6) is 0.324. The molecule has 0 radical (unpaired) electrons. The van der Waals surface area contributed by atoms with Gasteiger partial charge in [-0.3, -0.25) is 0 Å². The highest BCUT2D eigenvalue weighted by atomic mass is 32.2. The van der Waals surface area contributed by atoms with Crippen LogP contribution in [0.4, 0.5) is 0 Å². The molecule has 0 amide bonds. The summed E-state index contributed by atoms with van der Waals surface area (Å²) in [6.07, 6.45) is 1.08. The maximum Gasteiger partial charge on any atom is 0.252 e. The van der Waals surface area contributed by atoms with Crippen molar-refractivity contribution in [2.45, 2.75) is 37.9 Å². The molecule has 1 rings (SSSR count). The predicted octanol–water partition coefficient (Wildman–Crippen LogP) is 2.52. The van der Waals surface area contributed by atoms with Crippen LogP contribution in [-0.4, -0.2) is 32.9 Å². The van der Waals surface area contributed by atoms with Gasteiger partial charge in [0, 0.05) is 20.1 Å². The monoisotopic (exact) mass is 304 g/mol. The van der Waals surface area contributed by atoms with E-state index in [1.165, 1.54) is 15.6 Å². The largest absolute Gasteiger partial charge is 0.313 e. The van der Waals surface area contributed by atoms with Crippen molar-refractivity contribution in [3.8, 4) is 0 Å². The SMILES string of the molecule is CCCNCc1csc(S(=O)(=O)N(C)CC(C)C)c1. The van der Waals surface area contributed by atoms with Crippen molar-refractivity contribution >= 4 is 21.4 Å². The van der Waals surface area contributed by atoms with Gasteiger partial charge in [0.05, 0.1) is 0 Å². The zero-order valence-electron chi connectivity index (χ0n) is 12.1. The van der Waals surface area contributed by atoms with Gasteiger partial charge in [-0.05, 0) is 35.9 Å². The van der Waals surface area contributed by atoms with Gasteiger partial charge in [-0.15, -0.1) is 11.3 Å². The van der Waals surface area contributed by atoms with Gasteiger partial charge in [0.1, 0.15) is 4.21 Å². The first-order chi connectivity index (χ1) is 8.87. The normalized spacial score (nSPS) is 12.5. The molecule has 0 atom stereocenters. The average Bonchev–Trinajstić information content (AvgIpc) is 2.78. The highest BCUT2D eigenvalue weighted by molar-refractivity contribution is 7.91. The van der Waals surface area contributed by atoms with Crippen LogP contribution in [-0.2, 0) is 16.6 Å². The van der Waals surface area contributed by atoms with E-state index in [0.29, 0.717) is 16.7 Å². The van der Waals surface area contributed by atoms with Gasteiger partial charge >= 0.3 is 0 Å². The lowest BCUT2D eigenvalue weighted by Crippen LogP contribution is -2.29. The van der Waals surface area contributed by atoms with E-state index in [1.54, 1.807) is 13.1 Å². The van der Waals surface area contributed by atoms with Crippen molar-refractivity contribution in [3.05, 3.63) is 17.0 Å².